The summed E-state index contributed by atoms with van der Waals surface area (Å²) in [5, 5.41) is 7.94. The fourth-order valence-electron chi connectivity index (χ4n) is 6.38. The monoisotopic (exact) mass is 784 g/mol. The van der Waals surface area contributed by atoms with Crippen LogP contribution in [0.3, 0.4) is 0 Å². The largest absolute Gasteiger partial charge is 0.494 e. The summed E-state index contributed by atoms with van der Waals surface area (Å²) in [4.78, 5) is 56.0. The molecule has 0 spiro atoms. The number of hydrogen-bond acceptors (Lipinski definition) is 10. The minimum absolute atomic E-state index is 0.0114. The van der Waals surface area contributed by atoms with Crippen molar-refractivity contribution in [3.63, 3.8) is 0 Å². The van der Waals surface area contributed by atoms with Crippen LogP contribution in [0.4, 0.5) is 0 Å². The molecular weight excluding hydrogens is 729 g/mol. The smallest absolute Gasteiger partial charge is 0.328 e. The van der Waals surface area contributed by atoms with Gasteiger partial charge in [-0.25, -0.2) is 17.9 Å². The van der Waals surface area contributed by atoms with E-state index in [1.807, 2.05) is 27.7 Å². The maximum atomic E-state index is 13.7. The Balaban J connectivity index is 1.79. The first-order chi connectivity index (χ1) is 25.8. The summed E-state index contributed by atoms with van der Waals surface area (Å²) in [7, 11) is -2.96. The first-order valence-electron chi connectivity index (χ1n) is 18.3. The number of nitrogens with one attached hydrogen (secondary N) is 4. The predicted molar refractivity (Wildman–Crippen MR) is 209 cm³/mol. The van der Waals surface area contributed by atoms with Crippen LogP contribution < -0.4 is 35.9 Å². The molecule has 0 unspecified atom stereocenters. The van der Waals surface area contributed by atoms with E-state index >= 15 is 0 Å². The van der Waals surface area contributed by atoms with E-state index in [1.54, 1.807) is 38.1 Å². The summed E-state index contributed by atoms with van der Waals surface area (Å²) in [5.74, 6) is -1.48. The molecule has 1 heterocycles. The molecule has 0 aromatic heterocycles. The fourth-order valence-corrected chi connectivity index (χ4v) is 7.91. The molecule has 3 atom stereocenters. The molecule has 15 nitrogen and oxygen atoms in total. The van der Waals surface area contributed by atoms with Gasteiger partial charge < -0.3 is 35.9 Å². The highest BCUT2D eigenvalue weighted by Crippen LogP contribution is 2.42. The number of amides is 3. The van der Waals surface area contributed by atoms with Gasteiger partial charge in [0.05, 0.1) is 18.6 Å². The number of esters is 1. The molecule has 302 valence electrons. The lowest BCUT2D eigenvalue weighted by atomic mass is 9.88. The van der Waals surface area contributed by atoms with E-state index in [2.05, 4.69) is 32.2 Å². The standard InChI is InChI=1S/C39H56N6O9S/c1-10-13-31(37(49)52-9)44-35(47)30(43-36(48)32(42-26(6)46)22-27-15-17-28(18-16-27)53-11-2)14-12-21-41-38(40)45-55(50,51)34-24(4)23(3)33-29(25(34)5)19-20-39(7,8)54-33/h10,15-18,30-32H,1,11-14,19-22H2,2-9H3,(H,42,46)(H,43,48)(H,44,47)(H3,40,41,45)/t30-,31-,32-/m0/s1. The second-order valence-corrected chi connectivity index (χ2v) is 15.7. The minimum Gasteiger partial charge on any atom is -0.494 e. The first-order valence-corrected chi connectivity index (χ1v) is 19.7. The van der Waals surface area contributed by atoms with Gasteiger partial charge >= 0.3 is 5.97 Å². The Hall–Kier alpha value is -5.12. The van der Waals surface area contributed by atoms with Gasteiger partial charge in [0.1, 0.15) is 35.2 Å². The molecule has 3 amide bonds. The SMILES string of the molecule is C=CC[C@H](NC(=O)[C@H](CCCN=C(N)NS(=O)(=O)c1c(C)c(C)c2c(c1C)CCC(C)(C)O2)NC(=O)[C@H](Cc1ccc(OCC)cc1)NC(C)=O)C(=O)OC. The molecule has 2 aromatic rings. The number of aliphatic imine (C=N–C) groups is 1. The molecule has 2 aromatic carbocycles. The van der Waals surface area contributed by atoms with Crippen molar-refractivity contribution in [1.29, 1.82) is 0 Å². The molecule has 6 N–H and O–H groups in total. The van der Waals surface area contributed by atoms with E-state index in [-0.39, 0.29) is 48.7 Å². The number of carbonyl (C=O) groups excluding carboxylic acids is 4. The third kappa shape index (κ3) is 12.2. The summed E-state index contributed by atoms with van der Waals surface area (Å²) >= 11 is 0. The van der Waals surface area contributed by atoms with Gasteiger partial charge in [-0.2, -0.15) is 0 Å². The van der Waals surface area contributed by atoms with Crippen LogP contribution in [0, 0.1) is 20.8 Å². The summed E-state index contributed by atoms with van der Waals surface area (Å²) < 4.78 is 46.2. The normalized spacial score (nSPS) is 15.2. The van der Waals surface area contributed by atoms with Crippen molar-refractivity contribution in [1.82, 2.24) is 20.7 Å². The number of nitrogens with zero attached hydrogens (tertiary/aromatic N) is 1. The summed E-state index contributed by atoms with van der Waals surface area (Å²) in [6, 6.07) is 3.75. The molecule has 0 fully saturated rings. The Morgan fingerprint density at radius 2 is 1.64 bits per heavy atom. The van der Waals surface area contributed by atoms with Crippen LogP contribution in [0.15, 0.2) is 46.8 Å². The van der Waals surface area contributed by atoms with E-state index in [0.717, 1.165) is 23.1 Å². The van der Waals surface area contributed by atoms with Crippen LogP contribution in [0.2, 0.25) is 0 Å². The van der Waals surface area contributed by atoms with Gasteiger partial charge in [-0.3, -0.25) is 19.4 Å². The molecule has 1 aliphatic rings. The molecule has 0 saturated carbocycles. The number of ether oxygens (including phenoxy) is 3. The summed E-state index contributed by atoms with van der Waals surface area (Å²) in [6.45, 7) is 16.5. The zero-order valence-corrected chi connectivity index (χ0v) is 33.9. The highest BCUT2D eigenvalue weighted by molar-refractivity contribution is 7.90. The van der Waals surface area contributed by atoms with Gasteiger partial charge in [0, 0.05) is 19.9 Å². The lowest BCUT2D eigenvalue weighted by molar-refractivity contribution is -0.145. The highest BCUT2D eigenvalue weighted by Gasteiger charge is 2.34. The molecular formula is C39H56N6O9S. The summed E-state index contributed by atoms with van der Waals surface area (Å²) in [5.41, 5.74) is 9.14. The molecule has 16 heteroatoms. The maximum Gasteiger partial charge on any atom is 0.328 e. The highest BCUT2D eigenvalue weighted by atomic mass is 32.2. The van der Waals surface area contributed by atoms with Gasteiger partial charge in [-0.05, 0) is 114 Å². The van der Waals surface area contributed by atoms with Crippen LogP contribution in [0.1, 0.15) is 81.2 Å². The topological polar surface area (TPSA) is 217 Å². The van der Waals surface area contributed by atoms with Crippen molar-refractivity contribution in [2.24, 2.45) is 10.7 Å². The van der Waals surface area contributed by atoms with Crippen LogP contribution in [-0.2, 0) is 46.8 Å². The number of methoxy groups -OCH3 is 1. The second-order valence-electron chi connectivity index (χ2n) is 14.1. The van der Waals surface area contributed by atoms with E-state index in [4.69, 9.17) is 19.9 Å². The zero-order valence-electron chi connectivity index (χ0n) is 33.1. The fraction of sp³-hybridized carbons (Fsp3) is 0.513. The number of sulfonamides is 1. The molecule has 0 radical (unpaired) electrons. The van der Waals surface area contributed by atoms with Gasteiger partial charge in [0.15, 0.2) is 0 Å². The second kappa shape index (κ2) is 19.5. The Bertz CT molecular complexity index is 1880. The van der Waals surface area contributed by atoms with E-state index in [0.29, 0.717) is 35.7 Å². The Labute approximate surface area is 324 Å². The number of fused-ring (bicyclic) bond motifs is 1. The van der Waals surface area contributed by atoms with Gasteiger partial charge in [0.2, 0.25) is 23.7 Å². The number of benzene rings is 2. The van der Waals surface area contributed by atoms with Crippen molar-refractivity contribution in [2.45, 2.75) is 116 Å². The number of carbonyl (C=O) groups is 4. The lowest BCUT2D eigenvalue weighted by Gasteiger charge is -2.35. The van der Waals surface area contributed by atoms with Crippen molar-refractivity contribution in [2.75, 3.05) is 20.3 Å². The third-order valence-corrected chi connectivity index (χ3v) is 10.9. The average Bonchev–Trinajstić information content (AvgIpc) is 3.11. The first kappa shape index (κ1) is 44.3. The third-order valence-electron chi connectivity index (χ3n) is 9.31. The number of guanidine groups is 1. The molecule has 1 aliphatic heterocycles. The van der Waals surface area contributed by atoms with Crippen molar-refractivity contribution < 1.29 is 41.8 Å². The van der Waals surface area contributed by atoms with Crippen LogP contribution in [0.25, 0.3) is 0 Å². The molecule has 0 saturated heterocycles. The summed E-state index contributed by atoms with van der Waals surface area (Å²) in [6.07, 6.45) is 3.19. The minimum atomic E-state index is -4.14. The van der Waals surface area contributed by atoms with Crippen LogP contribution >= 0.6 is 0 Å². The van der Waals surface area contributed by atoms with E-state index in [1.165, 1.54) is 20.1 Å². The van der Waals surface area contributed by atoms with Crippen LogP contribution in [0.5, 0.6) is 11.5 Å². The van der Waals surface area contributed by atoms with Crippen LogP contribution in [-0.4, -0.2) is 82.1 Å². The molecule has 0 aliphatic carbocycles. The van der Waals surface area contributed by atoms with Gasteiger partial charge in [-0.15, -0.1) is 6.58 Å². The predicted octanol–water partition coefficient (Wildman–Crippen LogP) is 2.95. The zero-order chi connectivity index (χ0) is 41.1. The van der Waals surface area contributed by atoms with Gasteiger partial charge in [0.25, 0.3) is 10.0 Å². The van der Waals surface area contributed by atoms with Crippen molar-refractivity contribution in [3.05, 3.63) is 64.7 Å². The van der Waals surface area contributed by atoms with E-state index in [9.17, 15) is 27.6 Å². The Morgan fingerprint density at radius 1 is 1.00 bits per heavy atom. The molecule has 0 bridgehead atoms. The molecule has 3 rings (SSSR count). The Morgan fingerprint density at radius 3 is 2.24 bits per heavy atom. The quantitative estimate of drug-likeness (QED) is 0.0490. The van der Waals surface area contributed by atoms with Gasteiger partial charge in [-0.1, -0.05) is 18.2 Å². The molecule has 55 heavy (non-hydrogen) atoms. The average molecular weight is 785 g/mol. The number of hydrogen-bond donors (Lipinski definition) is 5. The van der Waals surface area contributed by atoms with Crippen molar-refractivity contribution >= 4 is 39.7 Å². The van der Waals surface area contributed by atoms with E-state index < -0.39 is 51.8 Å². The van der Waals surface area contributed by atoms with Crippen molar-refractivity contribution in [3.8, 4) is 11.5 Å². The maximum absolute atomic E-state index is 13.7. The number of rotatable bonds is 18. The lowest BCUT2D eigenvalue weighted by Crippen LogP contribution is -2.56. The number of nitrogens with two attached hydrogens (primary N) is 1. The Kier molecular flexibility index (Phi) is 15.7.